The van der Waals surface area contributed by atoms with Gasteiger partial charge in [0.05, 0.1) is 18.1 Å². The number of amides is 1. The van der Waals surface area contributed by atoms with Gasteiger partial charge in [0.1, 0.15) is 0 Å². The van der Waals surface area contributed by atoms with E-state index in [4.69, 9.17) is 4.74 Å². The van der Waals surface area contributed by atoms with E-state index < -0.39 is 10.0 Å². The summed E-state index contributed by atoms with van der Waals surface area (Å²) in [6.45, 7) is 3.65. The van der Waals surface area contributed by atoms with Crippen molar-refractivity contribution in [2.75, 3.05) is 26.3 Å². The molecule has 0 atom stereocenters. The minimum atomic E-state index is -3.62. The highest BCUT2D eigenvalue weighted by Gasteiger charge is 2.27. The van der Waals surface area contributed by atoms with E-state index in [-0.39, 0.29) is 10.8 Å². The highest BCUT2D eigenvalue weighted by Crippen LogP contribution is 2.20. The predicted molar refractivity (Wildman–Crippen MR) is 96.2 cm³/mol. The van der Waals surface area contributed by atoms with Crippen molar-refractivity contribution < 1.29 is 17.9 Å². The van der Waals surface area contributed by atoms with E-state index in [9.17, 15) is 13.2 Å². The number of carbonyl (C=O) groups excluding carboxylic acids is 1. The molecule has 0 bridgehead atoms. The lowest BCUT2D eigenvalue weighted by Crippen LogP contribution is -2.40. The van der Waals surface area contributed by atoms with Crippen molar-refractivity contribution in [3.05, 3.63) is 51.7 Å². The second kappa shape index (κ2) is 7.65. The van der Waals surface area contributed by atoms with Gasteiger partial charge in [-0.2, -0.15) is 15.6 Å². The fourth-order valence-electron chi connectivity index (χ4n) is 2.61. The molecule has 2 heterocycles. The van der Waals surface area contributed by atoms with Crippen LogP contribution in [0.4, 0.5) is 0 Å². The number of hydrogen-bond donors (Lipinski definition) is 1. The highest BCUT2D eigenvalue weighted by molar-refractivity contribution is 7.89. The summed E-state index contributed by atoms with van der Waals surface area (Å²) in [6, 6.07) is 6.63. The van der Waals surface area contributed by atoms with Crippen LogP contribution in [0.25, 0.3) is 0 Å². The van der Waals surface area contributed by atoms with Crippen LogP contribution >= 0.6 is 11.3 Å². The van der Waals surface area contributed by atoms with Gasteiger partial charge in [-0.1, -0.05) is 6.07 Å². The molecule has 1 fully saturated rings. The van der Waals surface area contributed by atoms with Gasteiger partial charge in [-0.05, 0) is 47.0 Å². The van der Waals surface area contributed by atoms with Crippen LogP contribution < -0.4 is 5.32 Å². The monoisotopic (exact) mass is 380 g/mol. The Morgan fingerprint density at radius 1 is 1.28 bits per heavy atom. The molecule has 25 heavy (non-hydrogen) atoms. The minimum Gasteiger partial charge on any atom is -0.379 e. The van der Waals surface area contributed by atoms with Gasteiger partial charge in [0.2, 0.25) is 10.0 Å². The molecule has 8 heteroatoms. The summed E-state index contributed by atoms with van der Waals surface area (Å²) >= 11 is 1.57. The molecule has 0 radical (unpaired) electrons. The molecule has 1 amide bonds. The van der Waals surface area contributed by atoms with Crippen molar-refractivity contribution in [3.8, 4) is 0 Å². The lowest BCUT2D eigenvalue weighted by molar-refractivity contribution is 0.0730. The SMILES string of the molecule is Cc1ccc(S(=O)(=O)N2CCOCC2)cc1C(=O)NCc1ccsc1. The van der Waals surface area contributed by atoms with Crippen molar-refractivity contribution >= 4 is 27.3 Å². The van der Waals surface area contributed by atoms with Crippen molar-refractivity contribution in [1.29, 1.82) is 0 Å². The van der Waals surface area contributed by atoms with Crippen LogP contribution in [-0.4, -0.2) is 44.9 Å². The molecule has 1 aromatic heterocycles. The molecule has 0 spiro atoms. The molecule has 1 aliphatic heterocycles. The summed E-state index contributed by atoms with van der Waals surface area (Å²) in [5, 5.41) is 6.75. The maximum Gasteiger partial charge on any atom is 0.251 e. The Hall–Kier alpha value is -1.74. The van der Waals surface area contributed by atoms with E-state index in [0.29, 0.717) is 38.4 Å². The van der Waals surface area contributed by atoms with Gasteiger partial charge in [-0.3, -0.25) is 4.79 Å². The Balaban J connectivity index is 1.81. The third-order valence-corrected chi connectivity index (χ3v) is 6.72. The van der Waals surface area contributed by atoms with E-state index in [2.05, 4.69) is 5.32 Å². The molecule has 6 nitrogen and oxygen atoms in total. The van der Waals surface area contributed by atoms with Crippen molar-refractivity contribution in [2.45, 2.75) is 18.4 Å². The third-order valence-electron chi connectivity index (χ3n) is 4.09. The Labute approximate surface area is 151 Å². The zero-order valence-electron chi connectivity index (χ0n) is 13.9. The first-order valence-corrected chi connectivity index (χ1v) is 10.3. The van der Waals surface area contributed by atoms with Gasteiger partial charge in [0, 0.05) is 25.2 Å². The number of benzene rings is 1. The van der Waals surface area contributed by atoms with Gasteiger partial charge in [0.15, 0.2) is 0 Å². The summed E-state index contributed by atoms with van der Waals surface area (Å²) in [6.07, 6.45) is 0. The number of hydrogen-bond acceptors (Lipinski definition) is 5. The normalized spacial score (nSPS) is 15.9. The number of morpholine rings is 1. The van der Waals surface area contributed by atoms with Crippen LogP contribution in [0, 0.1) is 6.92 Å². The molecule has 1 saturated heterocycles. The van der Waals surface area contributed by atoms with Crippen LogP contribution in [0.5, 0.6) is 0 Å². The largest absolute Gasteiger partial charge is 0.379 e. The number of nitrogens with one attached hydrogen (secondary N) is 1. The second-order valence-electron chi connectivity index (χ2n) is 5.81. The number of thiophene rings is 1. The first-order chi connectivity index (χ1) is 12.0. The maximum absolute atomic E-state index is 12.8. The molecule has 0 unspecified atom stereocenters. The van der Waals surface area contributed by atoms with E-state index in [1.165, 1.54) is 10.4 Å². The molecule has 2 aromatic rings. The van der Waals surface area contributed by atoms with Crippen LogP contribution in [0.2, 0.25) is 0 Å². The average Bonchev–Trinajstić information content (AvgIpc) is 3.14. The molecule has 0 saturated carbocycles. The summed E-state index contributed by atoms with van der Waals surface area (Å²) in [7, 11) is -3.62. The zero-order chi connectivity index (χ0) is 17.9. The van der Waals surface area contributed by atoms with E-state index >= 15 is 0 Å². The Kier molecular flexibility index (Phi) is 5.53. The fraction of sp³-hybridized carbons (Fsp3) is 0.353. The van der Waals surface area contributed by atoms with Gasteiger partial charge < -0.3 is 10.1 Å². The molecule has 1 N–H and O–H groups in total. The van der Waals surface area contributed by atoms with E-state index in [1.807, 2.05) is 16.8 Å². The Morgan fingerprint density at radius 3 is 2.72 bits per heavy atom. The number of aryl methyl sites for hydroxylation is 1. The van der Waals surface area contributed by atoms with Gasteiger partial charge in [-0.15, -0.1) is 0 Å². The van der Waals surface area contributed by atoms with Crippen molar-refractivity contribution in [2.24, 2.45) is 0 Å². The quantitative estimate of drug-likeness (QED) is 0.861. The third kappa shape index (κ3) is 4.09. The molecule has 1 aromatic carbocycles. The number of rotatable bonds is 5. The highest BCUT2D eigenvalue weighted by atomic mass is 32.2. The number of sulfonamides is 1. The van der Waals surface area contributed by atoms with Crippen LogP contribution in [0.1, 0.15) is 21.5 Å². The second-order valence-corrected chi connectivity index (χ2v) is 8.53. The first kappa shape index (κ1) is 18.1. The fourth-order valence-corrected chi connectivity index (χ4v) is 4.72. The van der Waals surface area contributed by atoms with Crippen LogP contribution in [-0.2, 0) is 21.3 Å². The van der Waals surface area contributed by atoms with Gasteiger partial charge in [-0.25, -0.2) is 8.42 Å². The zero-order valence-corrected chi connectivity index (χ0v) is 15.5. The van der Waals surface area contributed by atoms with Crippen LogP contribution in [0.15, 0.2) is 39.9 Å². The predicted octanol–water partition coefficient (Wildman–Crippen LogP) is 2.01. The van der Waals surface area contributed by atoms with Crippen molar-refractivity contribution in [3.63, 3.8) is 0 Å². The molecular formula is C17H20N2O4S2. The topological polar surface area (TPSA) is 75.7 Å². The lowest BCUT2D eigenvalue weighted by Gasteiger charge is -2.26. The maximum atomic E-state index is 12.8. The minimum absolute atomic E-state index is 0.140. The summed E-state index contributed by atoms with van der Waals surface area (Å²) < 4.78 is 32.1. The smallest absolute Gasteiger partial charge is 0.251 e. The molecular weight excluding hydrogens is 360 g/mol. The van der Waals surface area contributed by atoms with E-state index in [0.717, 1.165) is 11.1 Å². The van der Waals surface area contributed by atoms with Crippen LogP contribution in [0.3, 0.4) is 0 Å². The summed E-state index contributed by atoms with van der Waals surface area (Å²) in [5.41, 5.74) is 2.14. The Bertz CT molecular complexity index is 842. The Morgan fingerprint density at radius 2 is 2.04 bits per heavy atom. The van der Waals surface area contributed by atoms with Gasteiger partial charge in [0.25, 0.3) is 5.91 Å². The van der Waals surface area contributed by atoms with Gasteiger partial charge >= 0.3 is 0 Å². The van der Waals surface area contributed by atoms with E-state index in [1.54, 1.807) is 30.4 Å². The average molecular weight is 380 g/mol. The van der Waals surface area contributed by atoms with Crippen molar-refractivity contribution in [1.82, 2.24) is 9.62 Å². The number of carbonyl (C=O) groups is 1. The number of nitrogens with zero attached hydrogens (tertiary/aromatic N) is 1. The lowest BCUT2D eigenvalue weighted by atomic mass is 10.1. The molecule has 0 aliphatic carbocycles. The molecule has 134 valence electrons. The molecule has 1 aliphatic rings. The summed E-state index contributed by atoms with van der Waals surface area (Å²) in [5.74, 6) is -0.275. The summed E-state index contributed by atoms with van der Waals surface area (Å²) in [4.78, 5) is 12.6. The standard InChI is InChI=1S/C17H20N2O4S2/c1-13-2-3-15(25(21,22)19-5-7-23-8-6-19)10-16(13)17(20)18-11-14-4-9-24-12-14/h2-4,9-10,12H,5-8,11H2,1H3,(H,18,20). The number of ether oxygens (including phenoxy) is 1. The first-order valence-electron chi connectivity index (χ1n) is 7.96. The molecule has 3 rings (SSSR count).